The van der Waals surface area contributed by atoms with Crippen molar-refractivity contribution in [3.05, 3.63) is 91.0 Å². The predicted octanol–water partition coefficient (Wildman–Crippen LogP) is 4.92. The summed E-state index contributed by atoms with van der Waals surface area (Å²) in [6.07, 6.45) is 0. The molecule has 0 saturated heterocycles. The minimum Gasteiger partial charge on any atom is -0.331 e. The Morgan fingerprint density at radius 2 is 1.13 bits per heavy atom. The summed E-state index contributed by atoms with van der Waals surface area (Å²) in [5.41, 5.74) is 6.23. The van der Waals surface area contributed by atoms with Crippen molar-refractivity contribution < 1.29 is 0 Å². The van der Waals surface area contributed by atoms with Crippen LogP contribution in [0.2, 0.25) is 0 Å². The molecule has 0 aliphatic rings. The zero-order chi connectivity index (χ0) is 15.9. The molecule has 0 saturated carbocycles. The van der Waals surface area contributed by atoms with Crippen LogP contribution in [0, 0.1) is 0 Å². The number of anilines is 3. The Kier molecular flexibility index (Phi) is 4.86. The van der Waals surface area contributed by atoms with Crippen molar-refractivity contribution in [3.8, 4) is 0 Å². The van der Waals surface area contributed by atoms with Gasteiger partial charge in [-0.2, -0.15) is 0 Å². The molecule has 3 aromatic rings. The highest BCUT2D eigenvalue weighted by molar-refractivity contribution is 7.80. The molecule has 3 rings (SSSR count). The standard InChI is InChI=1S/C19H17N3S/c23-19(20-16-10-4-1-5-11-16)22(18-14-8-3-9-15-18)21-17-12-6-2-7-13-17/h1-15,21H,(H,20,23). The zero-order valence-electron chi connectivity index (χ0n) is 12.5. The number of para-hydroxylation sites is 3. The Morgan fingerprint density at radius 3 is 1.70 bits per heavy atom. The molecular weight excluding hydrogens is 302 g/mol. The first kappa shape index (κ1) is 15.1. The van der Waals surface area contributed by atoms with E-state index >= 15 is 0 Å². The number of hydrazine groups is 1. The van der Waals surface area contributed by atoms with Crippen LogP contribution < -0.4 is 15.8 Å². The maximum Gasteiger partial charge on any atom is 0.197 e. The Labute approximate surface area is 141 Å². The minimum atomic E-state index is 0.575. The highest BCUT2D eigenvalue weighted by atomic mass is 32.1. The Hall–Kier alpha value is -2.85. The quantitative estimate of drug-likeness (QED) is 0.527. The highest BCUT2D eigenvalue weighted by Gasteiger charge is 2.12. The highest BCUT2D eigenvalue weighted by Crippen LogP contribution is 2.18. The molecule has 3 aromatic carbocycles. The number of hydrogen-bond donors (Lipinski definition) is 2. The lowest BCUT2D eigenvalue weighted by molar-refractivity contribution is 1.22. The number of thiocarbonyl (C=S) groups is 1. The number of hydrogen-bond acceptors (Lipinski definition) is 2. The summed E-state index contributed by atoms with van der Waals surface area (Å²) in [5.74, 6) is 0. The van der Waals surface area contributed by atoms with Gasteiger partial charge in [0.2, 0.25) is 0 Å². The average molecular weight is 319 g/mol. The molecule has 0 unspecified atom stereocenters. The molecule has 0 heterocycles. The van der Waals surface area contributed by atoms with Crippen molar-refractivity contribution in [2.24, 2.45) is 0 Å². The summed E-state index contributed by atoms with van der Waals surface area (Å²) >= 11 is 5.59. The molecule has 0 atom stereocenters. The monoisotopic (exact) mass is 319 g/mol. The van der Waals surface area contributed by atoms with E-state index in [0.29, 0.717) is 5.11 Å². The Morgan fingerprint density at radius 1 is 0.652 bits per heavy atom. The van der Waals surface area contributed by atoms with E-state index in [1.54, 1.807) is 0 Å². The lowest BCUT2D eigenvalue weighted by atomic mass is 10.3. The fourth-order valence-electron chi connectivity index (χ4n) is 2.15. The van der Waals surface area contributed by atoms with Crippen molar-refractivity contribution in [1.82, 2.24) is 0 Å². The molecule has 3 nitrogen and oxygen atoms in total. The van der Waals surface area contributed by atoms with E-state index in [0.717, 1.165) is 17.1 Å². The fourth-order valence-corrected chi connectivity index (χ4v) is 2.42. The van der Waals surface area contributed by atoms with Gasteiger partial charge in [0.1, 0.15) is 0 Å². The predicted molar refractivity (Wildman–Crippen MR) is 102 cm³/mol. The molecular formula is C19H17N3S. The molecule has 23 heavy (non-hydrogen) atoms. The third kappa shape index (κ3) is 4.08. The van der Waals surface area contributed by atoms with Crippen LogP contribution in [0.3, 0.4) is 0 Å². The molecule has 0 radical (unpaired) electrons. The van der Waals surface area contributed by atoms with Crippen LogP contribution in [0.15, 0.2) is 91.0 Å². The second kappa shape index (κ2) is 7.42. The topological polar surface area (TPSA) is 27.3 Å². The number of nitrogens with zero attached hydrogens (tertiary/aromatic N) is 1. The van der Waals surface area contributed by atoms with Gasteiger partial charge >= 0.3 is 0 Å². The van der Waals surface area contributed by atoms with Crippen molar-refractivity contribution in [2.75, 3.05) is 15.8 Å². The van der Waals surface area contributed by atoms with E-state index in [2.05, 4.69) is 10.7 Å². The third-order valence-electron chi connectivity index (χ3n) is 3.26. The van der Waals surface area contributed by atoms with Crippen LogP contribution in [0.5, 0.6) is 0 Å². The smallest absolute Gasteiger partial charge is 0.197 e. The molecule has 0 aliphatic heterocycles. The molecule has 2 N–H and O–H groups in total. The fraction of sp³-hybridized carbons (Fsp3) is 0. The first-order valence-electron chi connectivity index (χ1n) is 7.36. The largest absolute Gasteiger partial charge is 0.331 e. The Balaban J connectivity index is 1.84. The molecule has 114 valence electrons. The van der Waals surface area contributed by atoms with Gasteiger partial charge in [-0.25, -0.2) is 5.01 Å². The summed E-state index contributed by atoms with van der Waals surface area (Å²) in [4.78, 5) is 0. The number of rotatable bonds is 4. The van der Waals surface area contributed by atoms with Crippen molar-refractivity contribution >= 4 is 34.4 Å². The molecule has 0 spiro atoms. The maximum absolute atomic E-state index is 5.59. The second-order valence-electron chi connectivity index (χ2n) is 4.94. The van der Waals surface area contributed by atoms with Crippen LogP contribution in [0.25, 0.3) is 0 Å². The van der Waals surface area contributed by atoms with Gasteiger partial charge in [-0.3, -0.25) is 5.43 Å². The second-order valence-corrected chi connectivity index (χ2v) is 5.33. The van der Waals surface area contributed by atoms with Gasteiger partial charge in [0, 0.05) is 5.69 Å². The van der Waals surface area contributed by atoms with Gasteiger partial charge in [-0.15, -0.1) is 0 Å². The summed E-state index contributed by atoms with van der Waals surface area (Å²) in [7, 11) is 0. The van der Waals surface area contributed by atoms with Crippen LogP contribution in [-0.2, 0) is 0 Å². The van der Waals surface area contributed by atoms with Crippen LogP contribution in [0.4, 0.5) is 17.1 Å². The molecule has 4 heteroatoms. The Bertz CT molecular complexity index is 745. The van der Waals surface area contributed by atoms with Crippen LogP contribution in [0.1, 0.15) is 0 Å². The molecule has 0 bridgehead atoms. The van der Waals surface area contributed by atoms with E-state index in [4.69, 9.17) is 12.2 Å². The summed E-state index contributed by atoms with van der Waals surface area (Å²) in [5, 5.41) is 5.69. The van der Waals surface area contributed by atoms with Gasteiger partial charge in [0.25, 0.3) is 0 Å². The van der Waals surface area contributed by atoms with Crippen LogP contribution >= 0.6 is 12.2 Å². The van der Waals surface area contributed by atoms with Crippen molar-refractivity contribution in [1.29, 1.82) is 0 Å². The SMILES string of the molecule is S=C(Nc1ccccc1)N(Nc1ccccc1)c1ccccc1. The van der Waals surface area contributed by atoms with Gasteiger partial charge in [-0.1, -0.05) is 54.6 Å². The first-order valence-corrected chi connectivity index (χ1v) is 7.77. The first-order chi connectivity index (χ1) is 11.3. The number of nitrogens with one attached hydrogen (secondary N) is 2. The minimum absolute atomic E-state index is 0.575. The lowest BCUT2D eigenvalue weighted by Gasteiger charge is -2.27. The van der Waals surface area contributed by atoms with E-state index in [-0.39, 0.29) is 0 Å². The summed E-state index contributed by atoms with van der Waals surface area (Å²) < 4.78 is 0. The van der Waals surface area contributed by atoms with Crippen molar-refractivity contribution in [3.63, 3.8) is 0 Å². The van der Waals surface area contributed by atoms with Gasteiger partial charge in [0.05, 0.1) is 11.4 Å². The van der Waals surface area contributed by atoms with Gasteiger partial charge < -0.3 is 5.32 Å². The van der Waals surface area contributed by atoms with Crippen molar-refractivity contribution in [2.45, 2.75) is 0 Å². The van der Waals surface area contributed by atoms with E-state index in [1.165, 1.54) is 0 Å². The van der Waals surface area contributed by atoms with E-state index in [1.807, 2.05) is 96.0 Å². The zero-order valence-corrected chi connectivity index (χ0v) is 13.3. The third-order valence-corrected chi connectivity index (χ3v) is 3.54. The summed E-state index contributed by atoms with van der Waals surface area (Å²) in [6, 6.07) is 29.8. The maximum atomic E-state index is 5.59. The van der Waals surface area contributed by atoms with Gasteiger partial charge in [0.15, 0.2) is 5.11 Å². The molecule has 0 fully saturated rings. The van der Waals surface area contributed by atoms with E-state index < -0.39 is 0 Å². The van der Waals surface area contributed by atoms with E-state index in [9.17, 15) is 0 Å². The summed E-state index contributed by atoms with van der Waals surface area (Å²) in [6.45, 7) is 0. The lowest BCUT2D eigenvalue weighted by Crippen LogP contribution is -2.39. The van der Waals surface area contributed by atoms with Gasteiger partial charge in [-0.05, 0) is 48.6 Å². The number of benzene rings is 3. The molecule has 0 amide bonds. The molecule has 0 aliphatic carbocycles. The molecule has 0 aromatic heterocycles. The van der Waals surface area contributed by atoms with Crippen LogP contribution in [-0.4, -0.2) is 5.11 Å². The average Bonchev–Trinajstić information content (AvgIpc) is 2.62. The normalized spacial score (nSPS) is 9.91.